The molecule has 0 amide bonds. The van der Waals surface area contributed by atoms with Gasteiger partial charge in [0, 0.05) is 0 Å². The van der Waals surface area contributed by atoms with Crippen LogP contribution in [0.3, 0.4) is 0 Å². The van der Waals surface area contributed by atoms with Crippen LogP contribution >= 0.6 is 11.8 Å². The second-order valence-corrected chi connectivity index (χ2v) is 4.06. The van der Waals surface area contributed by atoms with Crippen LogP contribution in [0.15, 0.2) is 28.4 Å². The molecule has 0 unspecified atom stereocenters. The maximum absolute atomic E-state index is 5.51. The van der Waals surface area contributed by atoms with E-state index in [0.29, 0.717) is 23.3 Å². The summed E-state index contributed by atoms with van der Waals surface area (Å²) in [5, 5.41) is 8.11. The second kappa shape index (κ2) is 7.60. The maximum atomic E-state index is 5.51. The number of ether oxygens (including phenoxy) is 2. The molecular weight excluding hydrogens is 250 g/mol. The first-order chi connectivity index (χ1) is 8.71. The molecule has 0 radical (unpaired) electrons. The highest BCUT2D eigenvalue weighted by Gasteiger charge is 2.03. The number of amidine groups is 1. The Hall–Kier alpha value is -1.69. The van der Waals surface area contributed by atoms with Gasteiger partial charge in [-0.1, -0.05) is 11.8 Å². The quantitative estimate of drug-likeness (QED) is 0.504. The van der Waals surface area contributed by atoms with Crippen molar-refractivity contribution in [3.8, 4) is 11.5 Å². The van der Waals surface area contributed by atoms with Gasteiger partial charge in [0.1, 0.15) is 0 Å². The smallest absolute Gasteiger partial charge is 0.180 e. The minimum Gasteiger partial charge on any atom is -0.493 e. The Morgan fingerprint density at radius 3 is 2.83 bits per heavy atom. The van der Waals surface area contributed by atoms with Crippen LogP contribution in [0.5, 0.6) is 11.5 Å². The first kappa shape index (κ1) is 14.4. The fourth-order valence-electron chi connectivity index (χ4n) is 1.23. The Morgan fingerprint density at radius 2 is 2.22 bits per heavy atom. The normalized spacial score (nSPS) is 11.8. The molecule has 1 aromatic rings. The lowest BCUT2D eigenvalue weighted by Crippen LogP contribution is -2.03. The van der Waals surface area contributed by atoms with Crippen LogP contribution in [0.25, 0.3) is 0 Å². The third-order valence-corrected chi connectivity index (χ3v) is 2.56. The number of nitrogens with two attached hydrogens (primary N) is 1. The summed E-state index contributed by atoms with van der Waals surface area (Å²) >= 11 is 1.35. The molecule has 0 saturated heterocycles. The molecule has 0 fully saturated rings. The fraction of sp³-hybridized carbons (Fsp3) is 0.333. The maximum Gasteiger partial charge on any atom is 0.180 e. The van der Waals surface area contributed by atoms with Crippen molar-refractivity contribution >= 4 is 23.1 Å². The van der Waals surface area contributed by atoms with Crippen molar-refractivity contribution < 1.29 is 9.47 Å². The molecule has 98 valence electrons. The van der Waals surface area contributed by atoms with E-state index in [9.17, 15) is 0 Å². The molecule has 0 saturated carbocycles. The lowest BCUT2D eigenvalue weighted by Gasteiger charge is -2.09. The van der Waals surface area contributed by atoms with E-state index in [0.717, 1.165) is 5.56 Å². The van der Waals surface area contributed by atoms with Gasteiger partial charge in [-0.05, 0) is 36.9 Å². The van der Waals surface area contributed by atoms with Gasteiger partial charge in [0.25, 0.3) is 0 Å². The van der Waals surface area contributed by atoms with Crippen LogP contribution in [0.4, 0.5) is 0 Å². The van der Waals surface area contributed by atoms with E-state index >= 15 is 0 Å². The second-order valence-electron chi connectivity index (χ2n) is 3.23. The van der Waals surface area contributed by atoms with E-state index in [2.05, 4.69) is 10.2 Å². The van der Waals surface area contributed by atoms with Crippen LogP contribution in [0, 0.1) is 0 Å². The standard InChI is InChI=1S/C12H17N3O2S/c1-4-17-10-6-5-9(7-11(10)16-2)8-14-15-12(13)18-3/h5-8H,4H2,1-3H3,(H2,13,15)/b14-8-. The van der Waals surface area contributed by atoms with Crippen LogP contribution in [0.1, 0.15) is 12.5 Å². The van der Waals surface area contributed by atoms with E-state index in [-0.39, 0.29) is 0 Å². The number of rotatable bonds is 5. The summed E-state index contributed by atoms with van der Waals surface area (Å²) < 4.78 is 10.7. The van der Waals surface area contributed by atoms with Gasteiger partial charge < -0.3 is 15.2 Å². The zero-order chi connectivity index (χ0) is 13.4. The minimum atomic E-state index is 0.421. The molecule has 1 aromatic carbocycles. The van der Waals surface area contributed by atoms with Crippen molar-refractivity contribution in [2.24, 2.45) is 15.9 Å². The molecule has 0 aliphatic heterocycles. The van der Waals surface area contributed by atoms with E-state index in [1.165, 1.54) is 11.8 Å². The van der Waals surface area contributed by atoms with Crippen molar-refractivity contribution in [3.05, 3.63) is 23.8 Å². The summed E-state index contributed by atoms with van der Waals surface area (Å²) in [5.41, 5.74) is 6.38. The average Bonchev–Trinajstić information content (AvgIpc) is 2.40. The lowest BCUT2D eigenvalue weighted by atomic mass is 10.2. The van der Waals surface area contributed by atoms with Crippen molar-refractivity contribution in [1.82, 2.24) is 0 Å². The van der Waals surface area contributed by atoms with Crippen molar-refractivity contribution in [3.63, 3.8) is 0 Å². The van der Waals surface area contributed by atoms with Gasteiger partial charge in [0.05, 0.1) is 19.9 Å². The topological polar surface area (TPSA) is 69.2 Å². The highest BCUT2D eigenvalue weighted by Crippen LogP contribution is 2.27. The molecular formula is C12H17N3O2S. The predicted octanol–water partition coefficient (Wildman–Crippen LogP) is 2.11. The van der Waals surface area contributed by atoms with Gasteiger partial charge in [0.15, 0.2) is 16.7 Å². The highest BCUT2D eigenvalue weighted by molar-refractivity contribution is 8.13. The first-order valence-electron chi connectivity index (χ1n) is 5.42. The molecule has 2 N–H and O–H groups in total. The van der Waals surface area contributed by atoms with Crippen LogP contribution in [-0.2, 0) is 0 Å². The summed E-state index contributed by atoms with van der Waals surface area (Å²) in [7, 11) is 1.60. The Kier molecular flexibility index (Phi) is 6.07. The molecule has 0 spiro atoms. The zero-order valence-corrected chi connectivity index (χ0v) is 11.5. The fourth-order valence-corrected chi connectivity index (χ4v) is 1.36. The number of hydrogen-bond acceptors (Lipinski definition) is 5. The number of nitrogens with zero attached hydrogens (tertiary/aromatic N) is 2. The minimum absolute atomic E-state index is 0.421. The van der Waals surface area contributed by atoms with E-state index < -0.39 is 0 Å². The van der Waals surface area contributed by atoms with Gasteiger partial charge in [0.2, 0.25) is 0 Å². The summed E-state index contributed by atoms with van der Waals surface area (Å²) in [6.07, 6.45) is 3.45. The Labute approximate surface area is 111 Å². The van der Waals surface area contributed by atoms with Gasteiger partial charge in [-0.25, -0.2) is 0 Å². The van der Waals surface area contributed by atoms with E-state index in [1.807, 2.05) is 31.4 Å². The van der Waals surface area contributed by atoms with E-state index in [1.54, 1.807) is 13.3 Å². The molecule has 0 aromatic heterocycles. The highest BCUT2D eigenvalue weighted by atomic mass is 32.2. The van der Waals surface area contributed by atoms with Crippen LogP contribution in [0.2, 0.25) is 0 Å². The number of hydrogen-bond donors (Lipinski definition) is 1. The van der Waals surface area contributed by atoms with Crippen molar-refractivity contribution in [1.29, 1.82) is 0 Å². The largest absolute Gasteiger partial charge is 0.493 e. The van der Waals surface area contributed by atoms with Gasteiger partial charge in [-0.2, -0.15) is 5.10 Å². The first-order valence-corrected chi connectivity index (χ1v) is 6.65. The summed E-state index contributed by atoms with van der Waals surface area (Å²) in [6, 6.07) is 5.55. The number of thioether (sulfide) groups is 1. The molecule has 18 heavy (non-hydrogen) atoms. The zero-order valence-electron chi connectivity index (χ0n) is 10.7. The molecule has 5 nitrogen and oxygen atoms in total. The van der Waals surface area contributed by atoms with Crippen molar-refractivity contribution in [2.75, 3.05) is 20.0 Å². The SMILES string of the molecule is CCOc1ccc(/C=N\N=C(/N)SC)cc1OC. The third-order valence-electron chi connectivity index (χ3n) is 2.06. The summed E-state index contributed by atoms with van der Waals surface area (Å²) in [5.74, 6) is 1.38. The van der Waals surface area contributed by atoms with Crippen molar-refractivity contribution in [2.45, 2.75) is 6.92 Å². The molecule has 0 aliphatic carbocycles. The lowest BCUT2D eigenvalue weighted by molar-refractivity contribution is 0.311. The Bertz CT molecular complexity index is 447. The monoisotopic (exact) mass is 267 g/mol. The molecule has 0 heterocycles. The molecule has 0 aliphatic rings. The van der Waals surface area contributed by atoms with Crippen LogP contribution < -0.4 is 15.2 Å². The Balaban J connectivity index is 2.85. The Morgan fingerprint density at radius 1 is 1.44 bits per heavy atom. The third kappa shape index (κ3) is 4.29. The molecule has 1 rings (SSSR count). The molecule has 6 heteroatoms. The van der Waals surface area contributed by atoms with Gasteiger partial charge in [-0.15, -0.1) is 5.10 Å². The van der Waals surface area contributed by atoms with Gasteiger partial charge in [-0.3, -0.25) is 0 Å². The number of methoxy groups -OCH3 is 1. The summed E-state index contributed by atoms with van der Waals surface area (Å²) in [6.45, 7) is 2.52. The average molecular weight is 267 g/mol. The molecule has 0 bridgehead atoms. The predicted molar refractivity (Wildman–Crippen MR) is 76.9 cm³/mol. The number of benzene rings is 1. The van der Waals surface area contributed by atoms with Crippen LogP contribution in [-0.4, -0.2) is 31.4 Å². The van der Waals surface area contributed by atoms with Gasteiger partial charge >= 0.3 is 0 Å². The summed E-state index contributed by atoms with van der Waals surface area (Å²) in [4.78, 5) is 0. The molecule has 0 atom stereocenters. The van der Waals surface area contributed by atoms with E-state index in [4.69, 9.17) is 15.2 Å².